The van der Waals surface area contributed by atoms with Gasteiger partial charge in [-0.25, -0.2) is 9.78 Å². The van der Waals surface area contributed by atoms with Crippen LogP contribution in [-0.4, -0.2) is 51.9 Å². The second-order valence-electron chi connectivity index (χ2n) is 10.6. The molecule has 0 radical (unpaired) electrons. The number of aliphatic hydroxyl groups is 1. The maximum atomic E-state index is 13.9. The molecule has 10 nitrogen and oxygen atoms in total. The van der Waals surface area contributed by atoms with Crippen molar-refractivity contribution in [3.8, 4) is 11.5 Å². The van der Waals surface area contributed by atoms with Crippen LogP contribution in [0.4, 0.5) is 5.69 Å². The molecule has 46 heavy (non-hydrogen) atoms. The molecule has 3 N–H and O–H groups in total. The molecule has 0 saturated carbocycles. The van der Waals surface area contributed by atoms with Crippen LogP contribution in [0.1, 0.15) is 47.9 Å². The number of carbonyl (C=O) groups excluding carboxylic acids is 3. The summed E-state index contributed by atoms with van der Waals surface area (Å²) in [5.41, 5.74) is 1.36. The van der Waals surface area contributed by atoms with Gasteiger partial charge in [-0.1, -0.05) is 54.6 Å². The Morgan fingerprint density at radius 1 is 0.826 bits per heavy atom. The van der Waals surface area contributed by atoms with Gasteiger partial charge in [0.15, 0.2) is 5.78 Å². The second-order valence-corrected chi connectivity index (χ2v) is 10.6. The summed E-state index contributed by atoms with van der Waals surface area (Å²) >= 11 is 0. The molecule has 0 aliphatic heterocycles. The lowest BCUT2D eigenvalue weighted by molar-refractivity contribution is -0.120. The number of pyridine rings is 1. The molecule has 1 atom stereocenters. The molecule has 1 unspecified atom stereocenters. The third kappa shape index (κ3) is 5.43. The van der Waals surface area contributed by atoms with Crippen molar-refractivity contribution in [1.82, 2.24) is 4.98 Å². The van der Waals surface area contributed by atoms with E-state index in [2.05, 4.69) is 10.3 Å². The molecule has 1 amide bonds. The van der Waals surface area contributed by atoms with Crippen LogP contribution >= 0.6 is 0 Å². The fourth-order valence-electron chi connectivity index (χ4n) is 5.26. The number of para-hydroxylation sites is 1. The molecule has 0 spiro atoms. The van der Waals surface area contributed by atoms with Gasteiger partial charge in [-0.3, -0.25) is 14.4 Å². The van der Waals surface area contributed by atoms with Gasteiger partial charge in [-0.15, -0.1) is 0 Å². The number of aryl methyl sites for hydroxylation is 1. The summed E-state index contributed by atoms with van der Waals surface area (Å²) in [5, 5.41) is 24.1. The van der Waals surface area contributed by atoms with Crippen LogP contribution in [0, 0.1) is 6.92 Å². The predicted molar refractivity (Wildman–Crippen MR) is 170 cm³/mol. The molecular formula is C36H26N2O8. The number of carboxylic acid groups (broad SMARTS) is 1. The zero-order valence-corrected chi connectivity index (χ0v) is 24.6. The fraction of sp³-hybridized carbons (Fsp3) is 0.0833. The molecule has 6 rings (SSSR count). The average molecular weight is 615 g/mol. The lowest BCUT2D eigenvalue weighted by Crippen LogP contribution is -2.40. The van der Waals surface area contributed by atoms with Crippen LogP contribution in [0.5, 0.6) is 11.5 Å². The number of ether oxygens (including phenoxy) is 2. The number of rotatable bonds is 9. The third-order valence-electron chi connectivity index (χ3n) is 7.55. The number of ketones is 2. The minimum absolute atomic E-state index is 0.0157. The first kappa shape index (κ1) is 29.8. The molecule has 0 bridgehead atoms. The molecule has 1 aliphatic carbocycles. The number of methoxy groups -OCH3 is 1. The molecular weight excluding hydrogens is 588 g/mol. The van der Waals surface area contributed by atoms with Crippen LogP contribution in [0.2, 0.25) is 0 Å². The Balaban J connectivity index is 1.49. The number of nitrogens with one attached hydrogen (secondary N) is 1. The van der Waals surface area contributed by atoms with E-state index in [9.17, 15) is 29.4 Å². The molecule has 1 aliphatic rings. The molecule has 5 aromatic rings. The van der Waals surface area contributed by atoms with Crippen molar-refractivity contribution < 1.29 is 38.9 Å². The number of aromatic carboxylic acids is 1. The number of benzene rings is 4. The van der Waals surface area contributed by atoms with Crippen LogP contribution in [0.3, 0.4) is 0 Å². The quantitative estimate of drug-likeness (QED) is 0.131. The van der Waals surface area contributed by atoms with Crippen molar-refractivity contribution in [2.24, 2.45) is 0 Å². The zero-order chi connectivity index (χ0) is 32.5. The van der Waals surface area contributed by atoms with E-state index in [0.717, 1.165) is 5.56 Å². The van der Waals surface area contributed by atoms with Crippen LogP contribution in [0.15, 0.2) is 97.1 Å². The number of hydrogen-bond donors (Lipinski definition) is 3. The van der Waals surface area contributed by atoms with E-state index < -0.39 is 35.3 Å². The zero-order valence-electron chi connectivity index (χ0n) is 24.6. The SMILES string of the molecule is COc1ccc(C)cc1NC(=O)C(Oc1cc2ccccc2nc1C1=C(O)c2cc(C(=O)O)ccc2C1=O)C(=O)c1ccccc1. The van der Waals surface area contributed by atoms with Crippen LogP contribution in [-0.2, 0) is 4.79 Å². The second kappa shape index (κ2) is 12.0. The summed E-state index contributed by atoms with van der Waals surface area (Å²) in [5.74, 6) is -3.62. The number of hydrogen-bond acceptors (Lipinski definition) is 8. The van der Waals surface area contributed by atoms with E-state index in [1.54, 1.807) is 72.8 Å². The molecule has 0 saturated heterocycles. The molecule has 0 fully saturated rings. The van der Waals surface area contributed by atoms with Gasteiger partial charge in [-0.05, 0) is 55.0 Å². The summed E-state index contributed by atoms with van der Waals surface area (Å²) in [6.45, 7) is 1.83. The number of allylic oxidation sites excluding steroid dienone is 1. The van der Waals surface area contributed by atoms with E-state index >= 15 is 0 Å². The van der Waals surface area contributed by atoms with Gasteiger partial charge in [0.2, 0.25) is 11.9 Å². The summed E-state index contributed by atoms with van der Waals surface area (Å²) in [7, 11) is 1.45. The van der Waals surface area contributed by atoms with Gasteiger partial charge in [0.05, 0.1) is 29.5 Å². The Labute approximate surface area is 262 Å². The normalized spacial score (nSPS) is 12.9. The number of amides is 1. The van der Waals surface area contributed by atoms with Crippen molar-refractivity contribution in [2.45, 2.75) is 13.0 Å². The lowest BCUT2D eigenvalue weighted by Gasteiger charge is -2.21. The van der Waals surface area contributed by atoms with Crippen molar-refractivity contribution in [3.05, 3.63) is 131 Å². The average Bonchev–Trinajstić information content (AvgIpc) is 3.31. The first-order chi connectivity index (χ1) is 22.2. The van der Waals surface area contributed by atoms with Gasteiger partial charge < -0.3 is 25.0 Å². The summed E-state index contributed by atoms with van der Waals surface area (Å²) in [6.07, 6.45) is -1.77. The topological polar surface area (TPSA) is 152 Å². The van der Waals surface area contributed by atoms with Gasteiger partial charge in [0.25, 0.3) is 5.91 Å². The van der Waals surface area contributed by atoms with E-state index in [4.69, 9.17) is 9.47 Å². The van der Waals surface area contributed by atoms with Crippen LogP contribution < -0.4 is 14.8 Å². The van der Waals surface area contributed by atoms with Gasteiger partial charge in [-0.2, -0.15) is 0 Å². The van der Waals surface area contributed by atoms with Crippen molar-refractivity contribution in [2.75, 3.05) is 12.4 Å². The maximum Gasteiger partial charge on any atom is 0.335 e. The van der Waals surface area contributed by atoms with Gasteiger partial charge >= 0.3 is 5.97 Å². The summed E-state index contributed by atoms with van der Waals surface area (Å²) in [6, 6.07) is 25.5. The van der Waals surface area contributed by atoms with Crippen molar-refractivity contribution >= 4 is 51.4 Å². The number of Topliss-reactive ketones (excluding diaryl/α,β-unsaturated/α-hetero) is 2. The first-order valence-corrected chi connectivity index (χ1v) is 14.1. The monoisotopic (exact) mass is 614 g/mol. The fourth-order valence-corrected chi connectivity index (χ4v) is 5.26. The van der Waals surface area contributed by atoms with Gasteiger partial charge in [0.1, 0.15) is 23.0 Å². The third-order valence-corrected chi connectivity index (χ3v) is 7.55. The van der Waals surface area contributed by atoms with E-state index in [0.29, 0.717) is 22.3 Å². The molecule has 4 aromatic carbocycles. The Morgan fingerprint density at radius 2 is 1.57 bits per heavy atom. The molecule has 1 heterocycles. The summed E-state index contributed by atoms with van der Waals surface area (Å²) < 4.78 is 11.6. The summed E-state index contributed by atoms with van der Waals surface area (Å²) in [4.78, 5) is 57.7. The maximum absolute atomic E-state index is 13.9. The van der Waals surface area contributed by atoms with Gasteiger partial charge in [0, 0.05) is 22.1 Å². The largest absolute Gasteiger partial charge is 0.506 e. The Hall–Kier alpha value is -6.29. The highest BCUT2D eigenvalue weighted by Gasteiger charge is 2.37. The van der Waals surface area contributed by atoms with E-state index in [1.807, 2.05) is 6.92 Å². The number of carboxylic acids is 1. The highest BCUT2D eigenvalue weighted by molar-refractivity contribution is 6.39. The predicted octanol–water partition coefficient (Wildman–Crippen LogP) is 6.14. The lowest BCUT2D eigenvalue weighted by atomic mass is 10.0. The highest BCUT2D eigenvalue weighted by Crippen LogP contribution is 2.41. The number of nitrogens with zero attached hydrogens (tertiary/aromatic N) is 1. The van der Waals surface area contributed by atoms with Crippen molar-refractivity contribution in [1.29, 1.82) is 0 Å². The minimum atomic E-state index is -1.77. The Kier molecular flexibility index (Phi) is 7.77. The first-order valence-electron chi connectivity index (χ1n) is 14.1. The molecule has 228 valence electrons. The smallest absolute Gasteiger partial charge is 0.335 e. The van der Waals surface area contributed by atoms with E-state index in [1.165, 1.54) is 31.4 Å². The molecule has 1 aromatic heterocycles. The number of aromatic nitrogens is 1. The minimum Gasteiger partial charge on any atom is -0.506 e. The number of carbonyl (C=O) groups is 4. The standard InChI is InChI=1S/C36H26N2O8/c1-19-12-15-27(45-2)26(16-19)38-35(42)34(31(39)20-8-4-3-5-9-20)46-28-18-21-10-6-7-11-25(21)37-30(28)29-32(40)23-14-13-22(36(43)44)17-24(23)33(29)41/h3-18,34,41H,1-2H3,(H,38,42)(H,43,44). The highest BCUT2D eigenvalue weighted by atomic mass is 16.5. The Morgan fingerprint density at radius 3 is 2.30 bits per heavy atom. The number of aliphatic hydroxyl groups excluding tert-OH is 1. The van der Waals surface area contributed by atoms with Crippen molar-refractivity contribution in [3.63, 3.8) is 0 Å². The van der Waals surface area contributed by atoms with E-state index in [-0.39, 0.29) is 39.3 Å². The van der Waals surface area contributed by atoms with Crippen LogP contribution in [0.25, 0.3) is 22.2 Å². The molecule has 10 heteroatoms. The Bertz CT molecular complexity index is 2100. The number of fused-ring (bicyclic) bond motifs is 2. The number of anilines is 1.